The molecule has 0 spiro atoms. The third-order valence-corrected chi connectivity index (χ3v) is 3.27. The van der Waals surface area contributed by atoms with E-state index in [4.69, 9.17) is 11.6 Å². The number of pyridine rings is 1. The fourth-order valence-corrected chi connectivity index (χ4v) is 2.28. The van der Waals surface area contributed by atoms with Gasteiger partial charge in [0.2, 0.25) is 0 Å². The molecule has 2 nitrogen and oxygen atoms in total. The lowest BCUT2D eigenvalue weighted by Crippen LogP contribution is -2.24. The molecule has 1 N–H and O–H groups in total. The van der Waals surface area contributed by atoms with Crippen LogP contribution >= 0.6 is 11.6 Å². The van der Waals surface area contributed by atoms with Crippen molar-refractivity contribution in [2.45, 2.75) is 26.3 Å². The second-order valence-corrected chi connectivity index (χ2v) is 5.29. The monoisotopic (exact) mass is 292 g/mol. The molecule has 0 saturated carbocycles. The van der Waals surface area contributed by atoms with Crippen molar-refractivity contribution in [1.29, 1.82) is 0 Å². The highest BCUT2D eigenvalue weighted by atomic mass is 35.5. The quantitative estimate of drug-likeness (QED) is 0.890. The SMILES string of the molecule is CCCNC(c1cc(C)cc(F)c1)c1ccc(Cl)cn1. The Morgan fingerprint density at radius 2 is 2.10 bits per heavy atom. The van der Waals surface area contributed by atoms with Crippen LogP contribution in [0.3, 0.4) is 0 Å². The number of nitrogens with one attached hydrogen (secondary N) is 1. The normalized spacial score (nSPS) is 12.4. The van der Waals surface area contributed by atoms with E-state index in [1.165, 1.54) is 6.07 Å². The lowest BCUT2D eigenvalue weighted by molar-refractivity contribution is 0.575. The summed E-state index contributed by atoms with van der Waals surface area (Å²) in [6.07, 6.45) is 2.61. The first-order valence-corrected chi connectivity index (χ1v) is 7.10. The van der Waals surface area contributed by atoms with Crippen molar-refractivity contribution in [2.24, 2.45) is 0 Å². The van der Waals surface area contributed by atoms with Gasteiger partial charge in [-0.3, -0.25) is 4.98 Å². The molecular formula is C16H18ClFN2. The number of halogens is 2. The van der Waals surface area contributed by atoms with Crippen LogP contribution in [0.1, 0.15) is 36.2 Å². The highest BCUT2D eigenvalue weighted by molar-refractivity contribution is 6.30. The summed E-state index contributed by atoms with van der Waals surface area (Å²) in [5, 5.41) is 4.00. The predicted octanol–water partition coefficient (Wildman–Crippen LogP) is 4.27. The highest BCUT2D eigenvalue weighted by Crippen LogP contribution is 2.23. The fraction of sp³-hybridized carbons (Fsp3) is 0.312. The van der Waals surface area contributed by atoms with Crippen LogP contribution in [0.5, 0.6) is 0 Å². The first kappa shape index (κ1) is 14.9. The smallest absolute Gasteiger partial charge is 0.123 e. The first-order valence-electron chi connectivity index (χ1n) is 6.72. The molecular weight excluding hydrogens is 275 g/mol. The van der Waals surface area contributed by atoms with Crippen molar-refractivity contribution in [3.05, 3.63) is 64.2 Å². The van der Waals surface area contributed by atoms with Crippen molar-refractivity contribution in [3.63, 3.8) is 0 Å². The molecule has 0 saturated heterocycles. The number of hydrogen-bond acceptors (Lipinski definition) is 2. The molecule has 1 aromatic heterocycles. The summed E-state index contributed by atoms with van der Waals surface area (Å²) >= 11 is 5.87. The molecule has 4 heteroatoms. The van der Waals surface area contributed by atoms with Crippen molar-refractivity contribution >= 4 is 11.6 Å². The number of aromatic nitrogens is 1. The molecule has 0 aliphatic rings. The van der Waals surface area contributed by atoms with Crippen LogP contribution in [0.2, 0.25) is 5.02 Å². The standard InChI is InChI=1S/C16H18ClFN2/c1-3-6-19-16(15-5-4-13(17)10-20-15)12-7-11(2)8-14(18)9-12/h4-5,7-10,16,19H,3,6H2,1-2H3. The molecule has 0 fully saturated rings. The Labute approximate surface area is 124 Å². The molecule has 2 rings (SSSR count). The minimum Gasteiger partial charge on any atom is -0.305 e. The van der Waals surface area contributed by atoms with Crippen molar-refractivity contribution in [3.8, 4) is 0 Å². The zero-order chi connectivity index (χ0) is 14.5. The Kier molecular flexibility index (Phi) is 5.10. The molecule has 0 radical (unpaired) electrons. The van der Waals surface area contributed by atoms with Gasteiger partial charge in [0.25, 0.3) is 0 Å². The summed E-state index contributed by atoms with van der Waals surface area (Å²) in [5.41, 5.74) is 2.62. The maximum atomic E-state index is 13.6. The highest BCUT2D eigenvalue weighted by Gasteiger charge is 2.15. The van der Waals surface area contributed by atoms with Crippen LogP contribution in [0, 0.1) is 12.7 Å². The topological polar surface area (TPSA) is 24.9 Å². The Hall–Kier alpha value is -1.45. The maximum absolute atomic E-state index is 13.6. The molecule has 2 aromatic rings. The van der Waals surface area contributed by atoms with Gasteiger partial charge in [0.1, 0.15) is 5.82 Å². The van der Waals surface area contributed by atoms with Gasteiger partial charge in [0, 0.05) is 6.20 Å². The van der Waals surface area contributed by atoms with E-state index in [0.29, 0.717) is 5.02 Å². The summed E-state index contributed by atoms with van der Waals surface area (Å²) < 4.78 is 13.6. The molecule has 1 aromatic carbocycles. The lowest BCUT2D eigenvalue weighted by Gasteiger charge is -2.19. The maximum Gasteiger partial charge on any atom is 0.123 e. The van der Waals surface area contributed by atoms with Crippen molar-refractivity contribution < 1.29 is 4.39 Å². The largest absolute Gasteiger partial charge is 0.305 e. The van der Waals surface area contributed by atoms with Gasteiger partial charge in [0.05, 0.1) is 16.8 Å². The second-order valence-electron chi connectivity index (χ2n) is 4.85. The van der Waals surface area contributed by atoms with Crippen LogP contribution < -0.4 is 5.32 Å². The number of hydrogen-bond donors (Lipinski definition) is 1. The van der Waals surface area contributed by atoms with Gasteiger partial charge in [-0.25, -0.2) is 4.39 Å². The molecule has 0 aliphatic heterocycles. The molecule has 1 unspecified atom stereocenters. The van der Waals surface area contributed by atoms with Crippen LogP contribution in [-0.2, 0) is 0 Å². The molecule has 0 amide bonds. The van der Waals surface area contributed by atoms with Gasteiger partial charge in [-0.1, -0.05) is 24.6 Å². The summed E-state index contributed by atoms with van der Waals surface area (Å²) in [4.78, 5) is 4.35. The average molecular weight is 293 g/mol. The van der Waals surface area contributed by atoms with E-state index >= 15 is 0 Å². The Morgan fingerprint density at radius 3 is 2.70 bits per heavy atom. The van der Waals surface area contributed by atoms with Gasteiger partial charge >= 0.3 is 0 Å². The van der Waals surface area contributed by atoms with Gasteiger partial charge in [-0.15, -0.1) is 0 Å². The van der Waals surface area contributed by atoms with Gasteiger partial charge in [0.15, 0.2) is 0 Å². The first-order chi connectivity index (χ1) is 9.60. The minimum atomic E-state index is -0.225. The number of benzene rings is 1. The zero-order valence-electron chi connectivity index (χ0n) is 11.7. The zero-order valence-corrected chi connectivity index (χ0v) is 12.4. The van der Waals surface area contributed by atoms with Crippen LogP contribution in [-0.4, -0.2) is 11.5 Å². The Bertz CT molecular complexity index is 549. The third kappa shape index (κ3) is 3.78. The molecule has 106 valence electrons. The molecule has 1 atom stereocenters. The number of nitrogens with zero attached hydrogens (tertiary/aromatic N) is 1. The Morgan fingerprint density at radius 1 is 1.30 bits per heavy atom. The van der Waals surface area contributed by atoms with E-state index in [2.05, 4.69) is 17.2 Å². The molecule has 0 aliphatic carbocycles. The summed E-state index contributed by atoms with van der Waals surface area (Å²) in [5.74, 6) is -0.225. The summed E-state index contributed by atoms with van der Waals surface area (Å²) in [6.45, 7) is 4.82. The summed E-state index contributed by atoms with van der Waals surface area (Å²) in [6, 6.07) is 8.60. The van der Waals surface area contributed by atoms with E-state index < -0.39 is 0 Å². The minimum absolute atomic E-state index is 0.124. The van der Waals surface area contributed by atoms with Crippen molar-refractivity contribution in [2.75, 3.05) is 6.54 Å². The Balaban J connectivity index is 2.38. The van der Waals surface area contributed by atoms with Crippen LogP contribution in [0.25, 0.3) is 0 Å². The lowest BCUT2D eigenvalue weighted by atomic mass is 10.0. The second kappa shape index (κ2) is 6.82. The predicted molar refractivity (Wildman–Crippen MR) is 80.5 cm³/mol. The number of aryl methyl sites for hydroxylation is 1. The van der Waals surface area contributed by atoms with E-state index in [-0.39, 0.29) is 11.9 Å². The fourth-order valence-electron chi connectivity index (χ4n) is 2.17. The summed E-state index contributed by atoms with van der Waals surface area (Å²) in [7, 11) is 0. The van der Waals surface area contributed by atoms with Crippen LogP contribution in [0.4, 0.5) is 4.39 Å². The van der Waals surface area contributed by atoms with Crippen LogP contribution in [0.15, 0.2) is 36.5 Å². The number of rotatable bonds is 5. The average Bonchev–Trinajstić information content (AvgIpc) is 2.40. The van der Waals surface area contributed by atoms with Gasteiger partial charge < -0.3 is 5.32 Å². The van der Waals surface area contributed by atoms with E-state index in [9.17, 15) is 4.39 Å². The van der Waals surface area contributed by atoms with E-state index in [0.717, 1.165) is 29.8 Å². The van der Waals surface area contributed by atoms with Gasteiger partial charge in [-0.2, -0.15) is 0 Å². The van der Waals surface area contributed by atoms with E-state index in [1.54, 1.807) is 18.3 Å². The molecule has 20 heavy (non-hydrogen) atoms. The van der Waals surface area contributed by atoms with Gasteiger partial charge in [-0.05, 0) is 55.3 Å². The molecule has 1 heterocycles. The molecule has 0 bridgehead atoms. The van der Waals surface area contributed by atoms with Crippen molar-refractivity contribution in [1.82, 2.24) is 10.3 Å². The van der Waals surface area contributed by atoms with E-state index in [1.807, 2.05) is 19.1 Å². The third-order valence-electron chi connectivity index (χ3n) is 3.04.